The molecule has 128 valence electrons. The topological polar surface area (TPSA) is 69.9 Å². The standard InChI is InChI=1S/C18H18N4O2S/c1-12-5-4-6-13(2)16(12)22-18(19-20-21-22)25-11-14-7-9-15(10-8-14)17(23)24-3/h4-10H,11H2,1-3H3. The molecule has 1 aromatic heterocycles. The number of aromatic nitrogens is 4. The van der Waals surface area contributed by atoms with Crippen LogP contribution in [0.2, 0.25) is 0 Å². The number of ether oxygens (including phenoxy) is 1. The van der Waals surface area contributed by atoms with Crippen LogP contribution in [-0.2, 0) is 10.5 Å². The van der Waals surface area contributed by atoms with Gasteiger partial charge in [0.25, 0.3) is 0 Å². The Morgan fingerprint density at radius 1 is 1.12 bits per heavy atom. The van der Waals surface area contributed by atoms with Gasteiger partial charge in [0.05, 0.1) is 18.4 Å². The molecular formula is C18H18N4O2S. The molecular weight excluding hydrogens is 336 g/mol. The van der Waals surface area contributed by atoms with Crippen LogP contribution in [0.1, 0.15) is 27.0 Å². The summed E-state index contributed by atoms with van der Waals surface area (Å²) in [5, 5.41) is 12.8. The lowest BCUT2D eigenvalue weighted by Gasteiger charge is -2.10. The Morgan fingerprint density at radius 2 is 1.80 bits per heavy atom. The van der Waals surface area contributed by atoms with E-state index in [9.17, 15) is 4.79 Å². The zero-order valence-corrected chi connectivity index (χ0v) is 15.1. The van der Waals surface area contributed by atoms with Gasteiger partial charge in [-0.3, -0.25) is 0 Å². The van der Waals surface area contributed by atoms with E-state index in [1.807, 2.05) is 44.2 Å². The number of para-hydroxylation sites is 1. The van der Waals surface area contributed by atoms with Crippen molar-refractivity contribution in [3.63, 3.8) is 0 Å². The minimum Gasteiger partial charge on any atom is -0.465 e. The number of rotatable bonds is 5. The Hall–Kier alpha value is -2.67. The molecule has 3 rings (SSSR count). The van der Waals surface area contributed by atoms with E-state index in [0.29, 0.717) is 11.3 Å². The number of tetrazole rings is 1. The number of carbonyl (C=O) groups is 1. The molecule has 0 bridgehead atoms. The van der Waals surface area contributed by atoms with Crippen molar-refractivity contribution in [3.8, 4) is 5.69 Å². The Labute approximate surface area is 150 Å². The van der Waals surface area contributed by atoms with Crippen molar-refractivity contribution in [2.75, 3.05) is 7.11 Å². The quantitative estimate of drug-likeness (QED) is 0.517. The second-order valence-corrected chi connectivity index (χ2v) is 6.53. The molecule has 2 aromatic carbocycles. The molecule has 0 radical (unpaired) electrons. The summed E-state index contributed by atoms with van der Waals surface area (Å²) < 4.78 is 6.48. The summed E-state index contributed by atoms with van der Waals surface area (Å²) in [5.74, 6) is 0.366. The van der Waals surface area contributed by atoms with Gasteiger partial charge in [-0.25, -0.2) is 4.79 Å². The van der Waals surface area contributed by atoms with Gasteiger partial charge < -0.3 is 4.74 Å². The molecule has 0 unspecified atom stereocenters. The normalized spacial score (nSPS) is 10.7. The molecule has 0 N–H and O–H groups in total. The zero-order chi connectivity index (χ0) is 17.8. The van der Waals surface area contributed by atoms with Gasteiger partial charge in [0.15, 0.2) is 0 Å². The van der Waals surface area contributed by atoms with Crippen molar-refractivity contribution in [1.29, 1.82) is 0 Å². The van der Waals surface area contributed by atoms with E-state index in [-0.39, 0.29) is 5.97 Å². The van der Waals surface area contributed by atoms with Crippen molar-refractivity contribution in [2.45, 2.75) is 24.8 Å². The lowest BCUT2D eigenvalue weighted by molar-refractivity contribution is 0.0600. The van der Waals surface area contributed by atoms with Gasteiger partial charge in [0.1, 0.15) is 0 Å². The van der Waals surface area contributed by atoms with Crippen molar-refractivity contribution in [3.05, 3.63) is 64.7 Å². The molecule has 0 aliphatic carbocycles. The van der Waals surface area contributed by atoms with E-state index in [2.05, 4.69) is 15.5 Å². The fraction of sp³-hybridized carbons (Fsp3) is 0.222. The molecule has 0 aliphatic heterocycles. The van der Waals surface area contributed by atoms with Crippen LogP contribution < -0.4 is 0 Å². The van der Waals surface area contributed by atoms with Gasteiger partial charge in [0.2, 0.25) is 5.16 Å². The number of benzene rings is 2. The SMILES string of the molecule is COC(=O)c1ccc(CSc2nnnn2-c2c(C)cccc2C)cc1. The number of hydrogen-bond acceptors (Lipinski definition) is 6. The predicted molar refractivity (Wildman–Crippen MR) is 96.0 cm³/mol. The average Bonchev–Trinajstić information content (AvgIpc) is 3.08. The van der Waals surface area contributed by atoms with Crippen LogP contribution in [0.25, 0.3) is 5.69 Å². The Bertz CT molecular complexity index is 870. The maximum Gasteiger partial charge on any atom is 0.337 e. The first-order valence-electron chi connectivity index (χ1n) is 7.75. The minimum absolute atomic E-state index is 0.335. The van der Waals surface area contributed by atoms with Gasteiger partial charge in [0, 0.05) is 5.75 Å². The summed E-state index contributed by atoms with van der Waals surface area (Å²) in [4.78, 5) is 11.5. The monoisotopic (exact) mass is 354 g/mol. The maximum atomic E-state index is 11.5. The van der Waals surface area contributed by atoms with Crippen LogP contribution in [0, 0.1) is 13.8 Å². The Morgan fingerprint density at radius 3 is 2.44 bits per heavy atom. The van der Waals surface area contributed by atoms with Crippen LogP contribution in [0.3, 0.4) is 0 Å². The number of esters is 1. The maximum absolute atomic E-state index is 11.5. The predicted octanol–water partition coefficient (Wildman–Crippen LogP) is 3.36. The molecule has 3 aromatic rings. The number of hydrogen-bond donors (Lipinski definition) is 0. The fourth-order valence-electron chi connectivity index (χ4n) is 2.55. The van der Waals surface area contributed by atoms with Crippen molar-refractivity contribution in [1.82, 2.24) is 20.2 Å². The average molecular weight is 354 g/mol. The highest BCUT2D eigenvalue weighted by molar-refractivity contribution is 7.98. The molecule has 0 amide bonds. The summed E-state index contributed by atoms with van der Waals surface area (Å²) in [5.41, 5.74) is 4.87. The van der Waals surface area contributed by atoms with E-state index in [0.717, 1.165) is 27.5 Å². The van der Waals surface area contributed by atoms with E-state index in [4.69, 9.17) is 4.74 Å². The lowest BCUT2D eigenvalue weighted by Crippen LogP contribution is -2.04. The summed E-state index contributed by atoms with van der Waals surface area (Å²) >= 11 is 1.55. The first kappa shape index (κ1) is 17.2. The molecule has 0 saturated carbocycles. The molecule has 0 spiro atoms. The van der Waals surface area contributed by atoms with Gasteiger partial charge in [-0.05, 0) is 53.1 Å². The molecule has 0 fully saturated rings. The van der Waals surface area contributed by atoms with Gasteiger partial charge >= 0.3 is 5.97 Å². The van der Waals surface area contributed by atoms with Crippen LogP contribution in [0.5, 0.6) is 0 Å². The zero-order valence-electron chi connectivity index (χ0n) is 14.3. The Kier molecular flexibility index (Phi) is 5.14. The second kappa shape index (κ2) is 7.48. The largest absolute Gasteiger partial charge is 0.465 e. The molecule has 1 heterocycles. The van der Waals surface area contributed by atoms with Gasteiger partial charge in [-0.1, -0.05) is 42.1 Å². The molecule has 7 heteroatoms. The van der Waals surface area contributed by atoms with Gasteiger partial charge in [-0.2, -0.15) is 4.68 Å². The fourth-order valence-corrected chi connectivity index (χ4v) is 3.38. The summed E-state index contributed by atoms with van der Waals surface area (Å²) in [7, 11) is 1.37. The number of nitrogens with zero attached hydrogens (tertiary/aromatic N) is 4. The molecule has 0 saturated heterocycles. The molecule has 0 aliphatic rings. The second-order valence-electron chi connectivity index (χ2n) is 5.59. The third-order valence-corrected chi connectivity index (χ3v) is 4.83. The molecule has 25 heavy (non-hydrogen) atoms. The van der Waals surface area contributed by atoms with Crippen LogP contribution in [0.4, 0.5) is 0 Å². The number of carbonyl (C=O) groups excluding carboxylic acids is 1. The van der Waals surface area contributed by atoms with Crippen LogP contribution in [-0.4, -0.2) is 33.3 Å². The molecule has 0 atom stereocenters. The van der Waals surface area contributed by atoms with E-state index < -0.39 is 0 Å². The number of aryl methyl sites for hydroxylation is 2. The lowest BCUT2D eigenvalue weighted by atomic mass is 10.1. The first-order valence-corrected chi connectivity index (χ1v) is 8.73. The minimum atomic E-state index is -0.335. The highest BCUT2D eigenvalue weighted by atomic mass is 32.2. The third-order valence-electron chi connectivity index (χ3n) is 3.84. The molecule has 6 nitrogen and oxygen atoms in total. The first-order chi connectivity index (χ1) is 12.1. The summed E-state index contributed by atoms with van der Waals surface area (Å²) in [6.07, 6.45) is 0. The van der Waals surface area contributed by atoms with E-state index in [1.165, 1.54) is 7.11 Å². The number of thioether (sulfide) groups is 1. The highest BCUT2D eigenvalue weighted by Crippen LogP contribution is 2.25. The van der Waals surface area contributed by atoms with Crippen molar-refractivity contribution < 1.29 is 9.53 Å². The van der Waals surface area contributed by atoms with E-state index >= 15 is 0 Å². The number of methoxy groups -OCH3 is 1. The van der Waals surface area contributed by atoms with Crippen LogP contribution in [0.15, 0.2) is 47.6 Å². The Balaban J connectivity index is 1.77. The van der Waals surface area contributed by atoms with Crippen molar-refractivity contribution in [2.24, 2.45) is 0 Å². The highest BCUT2D eigenvalue weighted by Gasteiger charge is 2.13. The van der Waals surface area contributed by atoms with Crippen molar-refractivity contribution >= 4 is 17.7 Å². The van der Waals surface area contributed by atoms with Gasteiger partial charge in [-0.15, -0.1) is 5.10 Å². The van der Waals surface area contributed by atoms with E-state index in [1.54, 1.807) is 28.6 Å². The third kappa shape index (κ3) is 3.71. The van der Waals surface area contributed by atoms with Crippen LogP contribution >= 0.6 is 11.8 Å². The summed E-state index contributed by atoms with van der Waals surface area (Å²) in [6.45, 7) is 4.09. The smallest absolute Gasteiger partial charge is 0.337 e. The summed E-state index contributed by atoms with van der Waals surface area (Å²) in [6, 6.07) is 13.5.